The van der Waals surface area contributed by atoms with Gasteiger partial charge < -0.3 is 9.47 Å². The molecule has 116 valence electrons. The molecule has 5 nitrogen and oxygen atoms in total. The number of benzene rings is 1. The van der Waals surface area contributed by atoms with Crippen molar-refractivity contribution in [3.8, 4) is 17.7 Å². The van der Waals surface area contributed by atoms with Crippen molar-refractivity contribution in [2.75, 3.05) is 6.61 Å². The first kappa shape index (κ1) is 16.2. The van der Waals surface area contributed by atoms with Crippen molar-refractivity contribution >= 4 is 12.0 Å². The molecule has 0 amide bonds. The maximum atomic E-state index is 13.9. The molecule has 0 aliphatic heterocycles. The van der Waals surface area contributed by atoms with Crippen molar-refractivity contribution in [3.63, 3.8) is 0 Å². The van der Waals surface area contributed by atoms with Gasteiger partial charge in [0, 0.05) is 6.20 Å². The predicted molar refractivity (Wildman–Crippen MR) is 81.5 cm³/mol. The largest absolute Gasteiger partial charge is 0.462 e. The number of rotatable bonds is 5. The Labute approximate surface area is 132 Å². The molecule has 0 spiro atoms. The van der Waals surface area contributed by atoms with Crippen molar-refractivity contribution in [1.82, 2.24) is 4.98 Å². The Morgan fingerprint density at radius 3 is 2.87 bits per heavy atom. The molecule has 0 saturated carbocycles. The van der Waals surface area contributed by atoms with Gasteiger partial charge in [-0.3, -0.25) is 0 Å². The third kappa shape index (κ3) is 3.52. The monoisotopic (exact) mass is 312 g/mol. The van der Waals surface area contributed by atoms with Crippen LogP contribution in [0.1, 0.15) is 28.4 Å². The molecule has 0 aliphatic carbocycles. The number of hydrogen-bond acceptors (Lipinski definition) is 5. The molecule has 0 atom stereocenters. The van der Waals surface area contributed by atoms with Crippen molar-refractivity contribution in [3.05, 3.63) is 59.5 Å². The van der Waals surface area contributed by atoms with E-state index in [1.165, 1.54) is 24.4 Å². The highest BCUT2D eigenvalue weighted by molar-refractivity contribution is 5.96. The van der Waals surface area contributed by atoms with Crippen molar-refractivity contribution in [2.45, 2.75) is 6.92 Å². The Balaban J connectivity index is 2.46. The lowest BCUT2D eigenvalue weighted by Crippen LogP contribution is -2.10. The Morgan fingerprint density at radius 2 is 2.26 bits per heavy atom. The van der Waals surface area contributed by atoms with Gasteiger partial charge in [0.05, 0.1) is 18.2 Å². The topological polar surface area (TPSA) is 72.2 Å². The van der Waals surface area contributed by atoms with Crippen molar-refractivity contribution in [1.29, 1.82) is 5.26 Å². The molecule has 0 radical (unpaired) electrons. The first-order valence-corrected chi connectivity index (χ1v) is 6.76. The minimum atomic E-state index is -0.732. The molecular weight excluding hydrogens is 299 g/mol. The number of esters is 1. The Kier molecular flexibility index (Phi) is 5.05. The first-order chi connectivity index (χ1) is 11.1. The van der Waals surface area contributed by atoms with Gasteiger partial charge in [-0.15, -0.1) is 0 Å². The molecular formula is C17H13FN2O3. The Morgan fingerprint density at radius 1 is 1.48 bits per heavy atom. The van der Waals surface area contributed by atoms with E-state index in [0.717, 1.165) is 6.07 Å². The smallest absolute Gasteiger partial charge is 0.344 e. The van der Waals surface area contributed by atoms with Crippen molar-refractivity contribution < 1.29 is 18.7 Å². The van der Waals surface area contributed by atoms with Crippen LogP contribution < -0.4 is 4.74 Å². The average Bonchev–Trinajstić information content (AvgIpc) is 2.56. The van der Waals surface area contributed by atoms with Crippen LogP contribution in [0.4, 0.5) is 4.39 Å². The third-order valence-electron chi connectivity index (χ3n) is 2.92. The minimum absolute atomic E-state index is 0.0631. The zero-order valence-corrected chi connectivity index (χ0v) is 12.4. The first-order valence-electron chi connectivity index (χ1n) is 6.76. The van der Waals surface area contributed by atoms with E-state index in [1.54, 1.807) is 13.0 Å². The van der Waals surface area contributed by atoms with Gasteiger partial charge >= 0.3 is 5.97 Å². The minimum Gasteiger partial charge on any atom is -0.462 e. The van der Waals surface area contributed by atoms with E-state index in [1.807, 2.05) is 6.07 Å². The molecule has 23 heavy (non-hydrogen) atoms. The molecule has 1 aromatic heterocycles. The van der Waals surface area contributed by atoms with E-state index in [0.29, 0.717) is 5.56 Å². The molecule has 0 N–H and O–H groups in total. The normalized spacial score (nSPS) is 9.78. The summed E-state index contributed by atoms with van der Waals surface area (Å²) >= 11 is 0. The number of pyridine rings is 1. The van der Waals surface area contributed by atoms with Crippen LogP contribution in [0.25, 0.3) is 6.08 Å². The molecule has 0 bridgehead atoms. The lowest BCUT2D eigenvalue weighted by molar-refractivity contribution is 0.0522. The van der Waals surface area contributed by atoms with Gasteiger partial charge in [0.25, 0.3) is 0 Å². The number of carbonyl (C=O) groups is 1. The maximum Gasteiger partial charge on any atom is 0.344 e. The number of halogens is 1. The number of nitriles is 1. The summed E-state index contributed by atoms with van der Waals surface area (Å²) in [6, 6.07) is 7.13. The number of ether oxygens (including phenoxy) is 2. The second kappa shape index (κ2) is 7.18. The van der Waals surface area contributed by atoms with E-state index in [4.69, 9.17) is 14.7 Å². The standard InChI is InChI=1S/C17H13FN2O3/c1-3-12-7-8-20-16(15(12)17(21)22-4-2)23-14-6-5-11(10-19)9-13(14)18/h3,5-9H,1,4H2,2H3. The molecule has 0 fully saturated rings. The van der Waals surface area contributed by atoms with E-state index >= 15 is 0 Å². The fraction of sp³-hybridized carbons (Fsp3) is 0.118. The van der Waals surface area contributed by atoms with Crippen LogP contribution in [0.15, 0.2) is 37.0 Å². The fourth-order valence-electron chi connectivity index (χ4n) is 1.87. The molecule has 0 unspecified atom stereocenters. The molecule has 0 aliphatic rings. The molecule has 2 aromatic rings. The highest BCUT2D eigenvalue weighted by Gasteiger charge is 2.20. The van der Waals surface area contributed by atoms with Gasteiger partial charge in [0.1, 0.15) is 5.56 Å². The Bertz CT molecular complexity index is 797. The van der Waals surface area contributed by atoms with Crippen LogP contribution in [-0.2, 0) is 4.74 Å². The van der Waals surface area contributed by atoms with Gasteiger partial charge in [0.15, 0.2) is 11.6 Å². The molecule has 6 heteroatoms. The summed E-state index contributed by atoms with van der Waals surface area (Å²) in [6.07, 6.45) is 2.87. The van der Waals surface area contributed by atoms with Crippen LogP contribution in [0.5, 0.6) is 11.6 Å². The third-order valence-corrected chi connectivity index (χ3v) is 2.92. The van der Waals surface area contributed by atoms with Crippen LogP contribution in [0.2, 0.25) is 0 Å². The number of carbonyl (C=O) groups excluding carboxylic acids is 1. The van der Waals surface area contributed by atoms with E-state index < -0.39 is 11.8 Å². The summed E-state index contributed by atoms with van der Waals surface area (Å²) in [7, 11) is 0. The second-order valence-corrected chi connectivity index (χ2v) is 4.36. The van der Waals surface area contributed by atoms with Gasteiger partial charge in [-0.2, -0.15) is 5.26 Å². The maximum absolute atomic E-state index is 13.9. The van der Waals surface area contributed by atoms with E-state index in [9.17, 15) is 9.18 Å². The summed E-state index contributed by atoms with van der Waals surface area (Å²) in [5.74, 6) is -1.61. The molecule has 2 rings (SSSR count). The zero-order valence-electron chi connectivity index (χ0n) is 12.4. The summed E-state index contributed by atoms with van der Waals surface area (Å²) in [5, 5.41) is 8.74. The fourth-order valence-corrected chi connectivity index (χ4v) is 1.87. The predicted octanol–water partition coefficient (Wildman–Crippen LogP) is 3.70. The quantitative estimate of drug-likeness (QED) is 0.787. The molecule has 0 saturated heterocycles. The summed E-state index contributed by atoms with van der Waals surface area (Å²) in [6.45, 7) is 5.47. The van der Waals surface area contributed by atoms with Crippen LogP contribution in [-0.4, -0.2) is 17.6 Å². The molecule has 1 heterocycles. The summed E-state index contributed by atoms with van der Waals surface area (Å²) < 4.78 is 24.3. The van der Waals surface area contributed by atoms with Gasteiger partial charge in [-0.25, -0.2) is 14.2 Å². The van der Waals surface area contributed by atoms with Gasteiger partial charge in [0.2, 0.25) is 5.88 Å². The highest BCUT2D eigenvalue weighted by atomic mass is 19.1. The van der Waals surface area contributed by atoms with Crippen molar-refractivity contribution in [2.24, 2.45) is 0 Å². The number of hydrogen-bond donors (Lipinski definition) is 0. The lowest BCUT2D eigenvalue weighted by atomic mass is 10.1. The number of nitrogens with zero attached hydrogens (tertiary/aromatic N) is 2. The van der Waals surface area contributed by atoms with Crippen LogP contribution >= 0.6 is 0 Å². The SMILES string of the molecule is C=Cc1ccnc(Oc2ccc(C#N)cc2F)c1C(=O)OCC. The average molecular weight is 312 g/mol. The zero-order chi connectivity index (χ0) is 16.8. The van der Waals surface area contributed by atoms with Crippen LogP contribution in [0, 0.1) is 17.1 Å². The van der Waals surface area contributed by atoms with Gasteiger partial charge in [-0.05, 0) is 36.8 Å². The highest BCUT2D eigenvalue weighted by Crippen LogP contribution is 2.29. The van der Waals surface area contributed by atoms with Crippen LogP contribution in [0.3, 0.4) is 0 Å². The van der Waals surface area contributed by atoms with Gasteiger partial charge in [-0.1, -0.05) is 12.7 Å². The second-order valence-electron chi connectivity index (χ2n) is 4.36. The summed E-state index contributed by atoms with van der Waals surface area (Å²) in [5.41, 5.74) is 0.684. The lowest BCUT2D eigenvalue weighted by Gasteiger charge is -2.12. The number of aromatic nitrogens is 1. The molecule has 1 aromatic carbocycles. The van der Waals surface area contributed by atoms with E-state index in [2.05, 4.69) is 11.6 Å². The summed E-state index contributed by atoms with van der Waals surface area (Å²) in [4.78, 5) is 16.1. The Hall–Kier alpha value is -3.20. The van der Waals surface area contributed by atoms with E-state index in [-0.39, 0.29) is 29.4 Å².